The van der Waals surface area contributed by atoms with Crippen molar-refractivity contribution in [3.8, 4) is 11.8 Å². The molecule has 1 atom stereocenters. The summed E-state index contributed by atoms with van der Waals surface area (Å²) in [6.07, 6.45) is 8.36. The Morgan fingerprint density at radius 3 is 2.40 bits per heavy atom. The summed E-state index contributed by atoms with van der Waals surface area (Å²) in [6, 6.07) is 15.5. The molecule has 1 aliphatic carbocycles. The molecule has 0 amide bonds. The number of benzene rings is 2. The van der Waals surface area contributed by atoms with E-state index in [1.54, 1.807) is 6.07 Å². The van der Waals surface area contributed by atoms with Crippen LogP contribution in [0.5, 0.6) is 5.75 Å². The van der Waals surface area contributed by atoms with Crippen LogP contribution in [-0.2, 0) is 6.42 Å². The number of ether oxygens (including phenoxy) is 1. The van der Waals surface area contributed by atoms with Gasteiger partial charge in [0.1, 0.15) is 11.8 Å². The first-order valence-corrected chi connectivity index (χ1v) is 11.4. The lowest BCUT2D eigenvalue weighted by Crippen LogP contribution is -2.13. The topological polar surface area (TPSA) is 50.1 Å². The number of hydrogen-bond acceptors (Lipinski definition) is 3. The standard InChI is InChI=1S/C27H33NO2/c1-4-19(3)16-21-8-15-26(25(17-21)18-28)30-27(29)24-13-11-23(12-14-24)22-9-6-20(5-2)7-10-22/h8,11-15,17,19-20,22H,4-7,9-10,16H2,1-3H3. The first kappa shape index (κ1) is 22.1. The van der Waals surface area contributed by atoms with E-state index in [2.05, 4.69) is 39.0 Å². The predicted octanol–water partition coefficient (Wildman–Crippen LogP) is 7.05. The molecule has 0 aliphatic heterocycles. The molecule has 0 radical (unpaired) electrons. The fourth-order valence-electron chi connectivity index (χ4n) is 4.38. The number of nitriles is 1. The van der Waals surface area contributed by atoms with Gasteiger partial charge < -0.3 is 4.74 Å². The van der Waals surface area contributed by atoms with Crippen LogP contribution in [0, 0.1) is 23.2 Å². The van der Waals surface area contributed by atoms with Gasteiger partial charge in [-0.2, -0.15) is 5.26 Å². The van der Waals surface area contributed by atoms with Crippen molar-refractivity contribution in [1.82, 2.24) is 0 Å². The first-order chi connectivity index (χ1) is 14.5. The summed E-state index contributed by atoms with van der Waals surface area (Å²) in [6.45, 7) is 6.63. The number of esters is 1. The van der Waals surface area contributed by atoms with Gasteiger partial charge in [0.05, 0.1) is 11.1 Å². The zero-order valence-electron chi connectivity index (χ0n) is 18.5. The van der Waals surface area contributed by atoms with E-state index in [1.165, 1.54) is 37.7 Å². The highest BCUT2D eigenvalue weighted by molar-refractivity contribution is 5.91. The van der Waals surface area contributed by atoms with Gasteiger partial charge in [-0.3, -0.25) is 0 Å². The number of nitrogens with zero attached hydrogens (tertiary/aromatic N) is 1. The normalized spacial score (nSPS) is 19.7. The monoisotopic (exact) mass is 403 g/mol. The second-order valence-electron chi connectivity index (χ2n) is 8.80. The lowest BCUT2D eigenvalue weighted by atomic mass is 9.78. The molecule has 0 saturated heterocycles. The second-order valence-corrected chi connectivity index (χ2v) is 8.80. The van der Waals surface area contributed by atoms with Gasteiger partial charge in [-0.25, -0.2) is 4.79 Å². The third-order valence-electron chi connectivity index (χ3n) is 6.69. The Kier molecular flexibility index (Phi) is 7.69. The molecule has 30 heavy (non-hydrogen) atoms. The molecule has 0 bridgehead atoms. The molecular formula is C27H33NO2. The van der Waals surface area contributed by atoms with Crippen LogP contribution in [0.1, 0.15) is 92.3 Å². The highest BCUT2D eigenvalue weighted by Crippen LogP contribution is 2.37. The van der Waals surface area contributed by atoms with E-state index in [1.807, 2.05) is 24.3 Å². The average Bonchev–Trinajstić information content (AvgIpc) is 2.80. The second kappa shape index (κ2) is 10.4. The predicted molar refractivity (Wildman–Crippen MR) is 121 cm³/mol. The van der Waals surface area contributed by atoms with Crippen molar-refractivity contribution >= 4 is 5.97 Å². The molecule has 3 heteroatoms. The quantitative estimate of drug-likeness (QED) is 0.367. The van der Waals surface area contributed by atoms with E-state index in [0.29, 0.717) is 28.7 Å². The van der Waals surface area contributed by atoms with Gasteiger partial charge in [0, 0.05) is 0 Å². The van der Waals surface area contributed by atoms with E-state index in [4.69, 9.17) is 4.74 Å². The summed E-state index contributed by atoms with van der Waals surface area (Å²) in [4.78, 5) is 12.6. The van der Waals surface area contributed by atoms with Crippen molar-refractivity contribution < 1.29 is 9.53 Å². The van der Waals surface area contributed by atoms with Crippen molar-refractivity contribution in [2.75, 3.05) is 0 Å². The lowest BCUT2D eigenvalue weighted by Gasteiger charge is -2.28. The van der Waals surface area contributed by atoms with Crippen LogP contribution in [0.2, 0.25) is 0 Å². The van der Waals surface area contributed by atoms with E-state index in [0.717, 1.165) is 24.3 Å². The minimum Gasteiger partial charge on any atom is -0.422 e. The van der Waals surface area contributed by atoms with Crippen LogP contribution >= 0.6 is 0 Å². The van der Waals surface area contributed by atoms with Crippen molar-refractivity contribution in [3.05, 3.63) is 64.7 Å². The van der Waals surface area contributed by atoms with E-state index in [9.17, 15) is 10.1 Å². The minimum atomic E-state index is -0.414. The molecule has 1 saturated carbocycles. The fourth-order valence-corrected chi connectivity index (χ4v) is 4.38. The van der Waals surface area contributed by atoms with Crippen LogP contribution in [-0.4, -0.2) is 5.97 Å². The largest absolute Gasteiger partial charge is 0.422 e. The summed E-state index contributed by atoms with van der Waals surface area (Å²) in [7, 11) is 0. The van der Waals surface area contributed by atoms with Gasteiger partial charge in [0.25, 0.3) is 0 Å². The van der Waals surface area contributed by atoms with Gasteiger partial charge in [-0.1, -0.05) is 51.8 Å². The van der Waals surface area contributed by atoms with Crippen LogP contribution < -0.4 is 4.74 Å². The Hall–Kier alpha value is -2.60. The summed E-state index contributed by atoms with van der Waals surface area (Å²) in [5.41, 5.74) is 3.35. The third-order valence-corrected chi connectivity index (χ3v) is 6.69. The minimum absolute atomic E-state index is 0.331. The van der Waals surface area contributed by atoms with Crippen molar-refractivity contribution in [2.45, 2.75) is 71.6 Å². The summed E-state index contributed by atoms with van der Waals surface area (Å²) in [5.74, 6) is 1.95. The Balaban J connectivity index is 1.65. The Morgan fingerprint density at radius 2 is 1.80 bits per heavy atom. The molecule has 1 aliphatic rings. The molecule has 0 spiro atoms. The number of rotatable bonds is 7. The van der Waals surface area contributed by atoms with E-state index >= 15 is 0 Å². The van der Waals surface area contributed by atoms with Crippen LogP contribution in [0.15, 0.2) is 42.5 Å². The zero-order valence-corrected chi connectivity index (χ0v) is 18.5. The van der Waals surface area contributed by atoms with Gasteiger partial charge in [-0.05, 0) is 85.3 Å². The molecule has 2 aromatic rings. The fraction of sp³-hybridized carbons (Fsp3) is 0.481. The van der Waals surface area contributed by atoms with E-state index in [-0.39, 0.29) is 0 Å². The van der Waals surface area contributed by atoms with Crippen molar-refractivity contribution in [1.29, 1.82) is 5.26 Å². The van der Waals surface area contributed by atoms with Gasteiger partial charge in [0.15, 0.2) is 0 Å². The number of carbonyl (C=O) groups is 1. The molecule has 1 fully saturated rings. The first-order valence-electron chi connectivity index (χ1n) is 11.4. The van der Waals surface area contributed by atoms with E-state index < -0.39 is 5.97 Å². The third kappa shape index (κ3) is 5.51. The number of hydrogen-bond donors (Lipinski definition) is 0. The van der Waals surface area contributed by atoms with Gasteiger partial charge in [0.2, 0.25) is 0 Å². The lowest BCUT2D eigenvalue weighted by molar-refractivity contribution is 0.0734. The molecule has 3 nitrogen and oxygen atoms in total. The molecular weight excluding hydrogens is 370 g/mol. The Bertz CT molecular complexity index is 886. The van der Waals surface area contributed by atoms with Crippen molar-refractivity contribution in [3.63, 3.8) is 0 Å². The molecule has 158 valence electrons. The van der Waals surface area contributed by atoms with Gasteiger partial charge >= 0.3 is 5.97 Å². The maximum atomic E-state index is 12.6. The van der Waals surface area contributed by atoms with Crippen LogP contribution in [0.4, 0.5) is 0 Å². The molecule has 1 unspecified atom stereocenters. The Morgan fingerprint density at radius 1 is 1.10 bits per heavy atom. The summed E-state index contributed by atoms with van der Waals surface area (Å²) in [5, 5.41) is 9.49. The smallest absolute Gasteiger partial charge is 0.343 e. The zero-order chi connectivity index (χ0) is 21.5. The van der Waals surface area contributed by atoms with Crippen molar-refractivity contribution in [2.24, 2.45) is 11.8 Å². The summed E-state index contributed by atoms with van der Waals surface area (Å²) >= 11 is 0. The molecule has 0 aromatic heterocycles. The molecule has 3 rings (SSSR count). The Labute approximate surface area is 181 Å². The van der Waals surface area contributed by atoms with Crippen LogP contribution in [0.3, 0.4) is 0 Å². The average molecular weight is 404 g/mol. The number of carbonyl (C=O) groups excluding carboxylic acids is 1. The maximum Gasteiger partial charge on any atom is 0.343 e. The molecule has 2 aromatic carbocycles. The highest BCUT2D eigenvalue weighted by Gasteiger charge is 2.21. The van der Waals surface area contributed by atoms with Crippen LogP contribution in [0.25, 0.3) is 0 Å². The highest BCUT2D eigenvalue weighted by atomic mass is 16.5. The van der Waals surface area contributed by atoms with Gasteiger partial charge in [-0.15, -0.1) is 0 Å². The summed E-state index contributed by atoms with van der Waals surface area (Å²) < 4.78 is 5.56. The maximum absolute atomic E-state index is 12.6. The SMILES string of the molecule is CCC(C)Cc1ccc(OC(=O)c2ccc(C3CCC(CC)CC3)cc2)c(C#N)c1. The molecule has 0 N–H and O–H groups in total. The molecule has 0 heterocycles.